The molecule has 2 heterocycles. The standard InChI is InChI=1S/C11H9Cl3N2OS/c12-7-3-8(13)11(16-10(7)14)15-4-9(17)6-1-2-18-5-6/h1-3,5,9,17H,4H2,(H,15,16). The topological polar surface area (TPSA) is 45.1 Å². The number of nitrogens with one attached hydrogen (secondary N) is 1. The van der Waals surface area contributed by atoms with Crippen molar-refractivity contribution in [3.63, 3.8) is 0 Å². The van der Waals surface area contributed by atoms with Crippen LogP contribution in [0.5, 0.6) is 0 Å². The first-order valence-corrected chi connectivity index (χ1v) is 7.11. The molecule has 2 aromatic heterocycles. The van der Waals surface area contributed by atoms with Gasteiger partial charge in [0.05, 0.1) is 16.1 Å². The molecule has 2 N–H and O–H groups in total. The highest BCUT2D eigenvalue weighted by Gasteiger charge is 2.11. The summed E-state index contributed by atoms with van der Waals surface area (Å²) in [6, 6.07) is 3.37. The molecule has 0 bridgehead atoms. The van der Waals surface area contributed by atoms with Crippen LogP contribution in [0.15, 0.2) is 22.9 Å². The fraction of sp³-hybridized carbons (Fsp3) is 0.182. The molecule has 1 atom stereocenters. The lowest BCUT2D eigenvalue weighted by Crippen LogP contribution is -2.12. The molecule has 0 aromatic carbocycles. The minimum atomic E-state index is -0.622. The van der Waals surface area contributed by atoms with Crippen molar-refractivity contribution in [1.82, 2.24) is 4.98 Å². The van der Waals surface area contributed by atoms with E-state index in [1.54, 1.807) is 0 Å². The van der Waals surface area contributed by atoms with Crippen molar-refractivity contribution >= 4 is 52.0 Å². The predicted octanol–water partition coefficient (Wildman–Crippen LogP) is 4.25. The normalized spacial score (nSPS) is 12.4. The summed E-state index contributed by atoms with van der Waals surface area (Å²) < 4.78 is 0. The highest BCUT2D eigenvalue weighted by Crippen LogP contribution is 2.29. The zero-order chi connectivity index (χ0) is 13.1. The predicted molar refractivity (Wildman–Crippen MR) is 77.0 cm³/mol. The van der Waals surface area contributed by atoms with Gasteiger partial charge >= 0.3 is 0 Å². The van der Waals surface area contributed by atoms with Gasteiger partial charge in [-0.15, -0.1) is 0 Å². The van der Waals surface area contributed by atoms with Crippen LogP contribution >= 0.6 is 46.1 Å². The highest BCUT2D eigenvalue weighted by atomic mass is 35.5. The van der Waals surface area contributed by atoms with Gasteiger partial charge in [0.25, 0.3) is 0 Å². The monoisotopic (exact) mass is 322 g/mol. The highest BCUT2D eigenvalue weighted by molar-refractivity contribution is 7.07. The fourth-order valence-corrected chi connectivity index (χ4v) is 2.62. The van der Waals surface area contributed by atoms with Crippen molar-refractivity contribution in [2.24, 2.45) is 0 Å². The Hall–Kier alpha value is -0.520. The van der Waals surface area contributed by atoms with E-state index < -0.39 is 6.10 Å². The number of rotatable bonds is 4. The van der Waals surface area contributed by atoms with Gasteiger partial charge in [0.1, 0.15) is 11.0 Å². The smallest absolute Gasteiger partial charge is 0.150 e. The van der Waals surface area contributed by atoms with Crippen molar-refractivity contribution in [1.29, 1.82) is 0 Å². The number of aliphatic hydroxyl groups is 1. The molecule has 0 aliphatic heterocycles. The van der Waals surface area contributed by atoms with Gasteiger partial charge in [-0.2, -0.15) is 11.3 Å². The van der Waals surface area contributed by atoms with Crippen LogP contribution in [0.3, 0.4) is 0 Å². The van der Waals surface area contributed by atoms with Crippen LogP contribution in [0.25, 0.3) is 0 Å². The van der Waals surface area contributed by atoms with E-state index in [-0.39, 0.29) is 5.15 Å². The maximum atomic E-state index is 9.90. The lowest BCUT2D eigenvalue weighted by Gasteiger charge is -2.12. The molecule has 0 radical (unpaired) electrons. The summed E-state index contributed by atoms with van der Waals surface area (Å²) in [4.78, 5) is 4.01. The van der Waals surface area contributed by atoms with Crippen LogP contribution in [0.4, 0.5) is 5.82 Å². The molecular weight excluding hydrogens is 315 g/mol. The van der Waals surface area contributed by atoms with E-state index in [1.807, 2.05) is 16.8 Å². The summed E-state index contributed by atoms with van der Waals surface area (Å²) >= 11 is 19.1. The molecule has 2 aromatic rings. The molecule has 2 rings (SSSR count). The maximum absolute atomic E-state index is 9.90. The Morgan fingerprint density at radius 3 is 2.78 bits per heavy atom. The van der Waals surface area contributed by atoms with Crippen molar-refractivity contribution in [2.75, 3.05) is 11.9 Å². The largest absolute Gasteiger partial charge is 0.387 e. The maximum Gasteiger partial charge on any atom is 0.150 e. The summed E-state index contributed by atoms with van der Waals surface area (Å²) in [5.74, 6) is 0.403. The van der Waals surface area contributed by atoms with E-state index >= 15 is 0 Å². The van der Waals surface area contributed by atoms with Crippen LogP contribution in [0, 0.1) is 0 Å². The van der Waals surface area contributed by atoms with Crippen LogP contribution in [0.2, 0.25) is 15.2 Å². The van der Waals surface area contributed by atoms with Crippen molar-refractivity contribution in [2.45, 2.75) is 6.10 Å². The summed E-state index contributed by atoms with van der Waals surface area (Å²) in [6.07, 6.45) is -0.622. The van der Waals surface area contributed by atoms with Gasteiger partial charge in [-0.1, -0.05) is 34.8 Å². The Labute approximate surface area is 123 Å². The number of anilines is 1. The molecule has 0 saturated carbocycles. The molecule has 18 heavy (non-hydrogen) atoms. The summed E-state index contributed by atoms with van der Waals surface area (Å²) in [6.45, 7) is 0.293. The van der Waals surface area contributed by atoms with Gasteiger partial charge in [0.15, 0.2) is 0 Å². The average Bonchev–Trinajstić information content (AvgIpc) is 2.85. The lowest BCUT2D eigenvalue weighted by atomic mass is 10.2. The zero-order valence-electron chi connectivity index (χ0n) is 9.03. The van der Waals surface area contributed by atoms with Crippen molar-refractivity contribution < 1.29 is 5.11 Å². The second kappa shape index (κ2) is 6.08. The second-order valence-corrected chi connectivity index (χ2v) is 5.50. The van der Waals surface area contributed by atoms with Crippen LogP contribution in [0.1, 0.15) is 11.7 Å². The zero-order valence-corrected chi connectivity index (χ0v) is 12.1. The van der Waals surface area contributed by atoms with Gasteiger partial charge in [0.2, 0.25) is 0 Å². The SMILES string of the molecule is OC(CNc1nc(Cl)c(Cl)cc1Cl)c1ccsc1. The van der Waals surface area contributed by atoms with E-state index in [9.17, 15) is 5.11 Å². The molecule has 0 amide bonds. The molecule has 1 unspecified atom stereocenters. The van der Waals surface area contributed by atoms with E-state index in [4.69, 9.17) is 34.8 Å². The number of hydrogen-bond acceptors (Lipinski definition) is 4. The molecular formula is C11H9Cl3N2OS. The number of thiophene rings is 1. The second-order valence-electron chi connectivity index (χ2n) is 3.54. The van der Waals surface area contributed by atoms with E-state index in [1.165, 1.54) is 17.4 Å². The van der Waals surface area contributed by atoms with E-state index in [0.29, 0.717) is 22.4 Å². The van der Waals surface area contributed by atoms with E-state index in [2.05, 4.69) is 10.3 Å². The Bertz CT molecular complexity index is 533. The molecule has 0 fully saturated rings. The molecule has 0 saturated heterocycles. The molecule has 7 heteroatoms. The quantitative estimate of drug-likeness (QED) is 0.827. The summed E-state index contributed by atoms with van der Waals surface area (Å²) in [5, 5.41) is 17.5. The third-order valence-electron chi connectivity index (χ3n) is 2.28. The third-order valence-corrected chi connectivity index (χ3v) is 3.94. The summed E-state index contributed by atoms with van der Waals surface area (Å²) in [5.41, 5.74) is 0.851. The molecule has 0 aliphatic carbocycles. The fourth-order valence-electron chi connectivity index (χ4n) is 1.34. The number of halogens is 3. The Kier molecular flexibility index (Phi) is 4.70. The van der Waals surface area contributed by atoms with Crippen molar-refractivity contribution in [3.8, 4) is 0 Å². The molecule has 96 valence electrons. The third kappa shape index (κ3) is 3.28. The van der Waals surface area contributed by atoms with E-state index in [0.717, 1.165) is 5.56 Å². The Morgan fingerprint density at radius 2 is 2.11 bits per heavy atom. The van der Waals surface area contributed by atoms with Gasteiger partial charge < -0.3 is 10.4 Å². The number of hydrogen-bond donors (Lipinski definition) is 2. The van der Waals surface area contributed by atoms with Crippen LogP contribution in [-0.4, -0.2) is 16.6 Å². The van der Waals surface area contributed by atoms with Crippen LogP contribution < -0.4 is 5.32 Å². The molecule has 0 aliphatic rings. The molecule has 0 spiro atoms. The van der Waals surface area contributed by atoms with Gasteiger partial charge in [-0.05, 0) is 28.5 Å². The van der Waals surface area contributed by atoms with Gasteiger partial charge in [-0.3, -0.25) is 0 Å². The average molecular weight is 324 g/mol. The Balaban J connectivity index is 2.04. The minimum absolute atomic E-state index is 0.175. The number of aromatic nitrogens is 1. The summed E-state index contributed by atoms with van der Waals surface area (Å²) in [7, 11) is 0. The number of pyridine rings is 1. The first-order valence-electron chi connectivity index (χ1n) is 5.03. The van der Waals surface area contributed by atoms with Gasteiger partial charge in [0, 0.05) is 6.54 Å². The number of nitrogens with zero attached hydrogens (tertiary/aromatic N) is 1. The van der Waals surface area contributed by atoms with Gasteiger partial charge in [-0.25, -0.2) is 4.98 Å². The minimum Gasteiger partial charge on any atom is -0.387 e. The first-order chi connectivity index (χ1) is 8.58. The Morgan fingerprint density at radius 1 is 1.33 bits per heavy atom. The number of aliphatic hydroxyl groups excluding tert-OH is 1. The first kappa shape index (κ1) is 13.9. The molecule has 3 nitrogen and oxygen atoms in total. The van der Waals surface area contributed by atoms with Crippen molar-refractivity contribution in [3.05, 3.63) is 43.7 Å². The van der Waals surface area contributed by atoms with Crippen LogP contribution in [-0.2, 0) is 0 Å². The lowest BCUT2D eigenvalue weighted by molar-refractivity contribution is 0.192.